The normalized spacial score (nSPS) is 17.1. The number of aromatic nitrogens is 3. The van der Waals surface area contributed by atoms with E-state index in [0.29, 0.717) is 17.3 Å². The molecule has 0 bridgehead atoms. The van der Waals surface area contributed by atoms with E-state index in [9.17, 15) is 4.79 Å². The van der Waals surface area contributed by atoms with Crippen LogP contribution < -0.4 is 5.32 Å². The molecule has 1 aromatic carbocycles. The Bertz CT molecular complexity index is 907. The lowest BCUT2D eigenvalue weighted by Gasteiger charge is -2.32. The lowest BCUT2D eigenvalue weighted by Crippen LogP contribution is -2.47. The van der Waals surface area contributed by atoms with E-state index in [0.717, 1.165) is 37.2 Å². The molecule has 1 amide bonds. The number of carbonyl (C=O) groups is 1. The van der Waals surface area contributed by atoms with Crippen LogP contribution in [-0.4, -0.2) is 51.8 Å². The second-order valence-electron chi connectivity index (χ2n) is 6.79. The fourth-order valence-corrected chi connectivity index (χ4v) is 3.53. The quantitative estimate of drug-likeness (QED) is 0.776. The summed E-state index contributed by atoms with van der Waals surface area (Å²) in [6.45, 7) is 1.50. The summed E-state index contributed by atoms with van der Waals surface area (Å²) in [4.78, 5) is 19.4. The van der Waals surface area contributed by atoms with E-state index < -0.39 is 0 Å². The van der Waals surface area contributed by atoms with Gasteiger partial charge in [0.05, 0.1) is 11.3 Å². The number of amides is 1. The molecule has 138 valence electrons. The topological polar surface area (TPSA) is 63.1 Å². The number of piperidine rings is 1. The molecule has 1 fully saturated rings. The molecule has 1 aliphatic rings. The standard InChI is InChI=1S/C21H23N5O/c1-22-17-8-6-12-25(14-17)21(27)19-15-26(18-9-3-2-4-10-18)24-20(19)16-7-5-11-23-13-16/h2-5,7,9-11,13,15,17,22H,6,8,12,14H2,1H3. The van der Waals surface area contributed by atoms with E-state index in [2.05, 4.69) is 10.3 Å². The molecule has 6 heteroatoms. The van der Waals surface area contributed by atoms with Crippen molar-refractivity contribution in [1.82, 2.24) is 25.0 Å². The summed E-state index contributed by atoms with van der Waals surface area (Å²) in [5, 5.41) is 8.01. The summed E-state index contributed by atoms with van der Waals surface area (Å²) in [5.74, 6) is 0.0241. The maximum Gasteiger partial charge on any atom is 0.257 e. The van der Waals surface area contributed by atoms with E-state index in [-0.39, 0.29) is 5.91 Å². The molecular weight excluding hydrogens is 338 g/mol. The Morgan fingerprint density at radius 3 is 2.78 bits per heavy atom. The third-order valence-electron chi connectivity index (χ3n) is 5.02. The van der Waals surface area contributed by atoms with Crippen LogP contribution in [0.1, 0.15) is 23.2 Å². The molecule has 1 saturated heterocycles. The molecule has 2 aromatic heterocycles. The Kier molecular flexibility index (Phi) is 4.98. The van der Waals surface area contributed by atoms with E-state index in [4.69, 9.17) is 5.10 Å². The zero-order valence-corrected chi connectivity index (χ0v) is 15.4. The molecular formula is C21H23N5O. The van der Waals surface area contributed by atoms with Gasteiger partial charge in [-0.25, -0.2) is 4.68 Å². The number of nitrogens with one attached hydrogen (secondary N) is 1. The number of nitrogens with zero attached hydrogens (tertiary/aromatic N) is 4. The number of likely N-dealkylation sites (tertiary alicyclic amines) is 1. The summed E-state index contributed by atoms with van der Waals surface area (Å²) in [7, 11) is 1.95. The Morgan fingerprint density at radius 1 is 1.19 bits per heavy atom. The van der Waals surface area contributed by atoms with Crippen molar-refractivity contribution in [2.45, 2.75) is 18.9 Å². The number of pyridine rings is 1. The van der Waals surface area contributed by atoms with E-state index in [1.807, 2.05) is 60.6 Å². The van der Waals surface area contributed by atoms with Crippen molar-refractivity contribution in [2.75, 3.05) is 20.1 Å². The van der Waals surface area contributed by atoms with Gasteiger partial charge in [-0.1, -0.05) is 18.2 Å². The second-order valence-corrected chi connectivity index (χ2v) is 6.79. The lowest BCUT2D eigenvalue weighted by molar-refractivity contribution is 0.0699. The molecule has 3 heterocycles. The minimum Gasteiger partial charge on any atom is -0.337 e. The highest BCUT2D eigenvalue weighted by molar-refractivity contribution is 6.00. The number of hydrogen-bond donors (Lipinski definition) is 1. The average Bonchev–Trinajstić information content (AvgIpc) is 3.20. The lowest BCUT2D eigenvalue weighted by atomic mass is 10.0. The van der Waals surface area contributed by atoms with Crippen molar-refractivity contribution in [3.63, 3.8) is 0 Å². The first-order valence-electron chi connectivity index (χ1n) is 9.28. The SMILES string of the molecule is CNC1CCCN(C(=O)c2cn(-c3ccccc3)nc2-c2cccnc2)C1. The number of hydrogen-bond acceptors (Lipinski definition) is 4. The van der Waals surface area contributed by atoms with Crippen LogP contribution in [0, 0.1) is 0 Å². The van der Waals surface area contributed by atoms with Crippen LogP contribution in [0.2, 0.25) is 0 Å². The zero-order valence-electron chi connectivity index (χ0n) is 15.4. The summed E-state index contributed by atoms with van der Waals surface area (Å²) in [6, 6.07) is 14.0. The van der Waals surface area contributed by atoms with Crippen molar-refractivity contribution >= 4 is 5.91 Å². The third-order valence-corrected chi connectivity index (χ3v) is 5.02. The Balaban J connectivity index is 1.74. The fourth-order valence-electron chi connectivity index (χ4n) is 3.53. The summed E-state index contributed by atoms with van der Waals surface area (Å²) in [5.41, 5.74) is 3.05. The van der Waals surface area contributed by atoms with Crippen molar-refractivity contribution in [2.24, 2.45) is 0 Å². The first-order chi connectivity index (χ1) is 13.3. The van der Waals surface area contributed by atoms with Gasteiger partial charge in [-0.2, -0.15) is 5.10 Å². The van der Waals surface area contributed by atoms with Crippen LogP contribution >= 0.6 is 0 Å². The predicted molar refractivity (Wildman–Crippen MR) is 105 cm³/mol. The summed E-state index contributed by atoms with van der Waals surface area (Å²) in [6.07, 6.45) is 7.41. The molecule has 27 heavy (non-hydrogen) atoms. The first kappa shape index (κ1) is 17.4. The van der Waals surface area contributed by atoms with Gasteiger partial charge in [-0.15, -0.1) is 0 Å². The molecule has 0 saturated carbocycles. The smallest absolute Gasteiger partial charge is 0.257 e. The molecule has 0 radical (unpaired) electrons. The summed E-state index contributed by atoms with van der Waals surface area (Å²) >= 11 is 0. The highest BCUT2D eigenvalue weighted by Gasteiger charge is 2.27. The number of para-hydroxylation sites is 1. The van der Waals surface area contributed by atoms with E-state index in [1.165, 1.54) is 0 Å². The van der Waals surface area contributed by atoms with Crippen molar-refractivity contribution in [3.8, 4) is 16.9 Å². The highest BCUT2D eigenvalue weighted by Crippen LogP contribution is 2.25. The number of rotatable bonds is 4. The maximum absolute atomic E-state index is 13.3. The average molecular weight is 361 g/mol. The largest absolute Gasteiger partial charge is 0.337 e. The number of benzene rings is 1. The molecule has 1 atom stereocenters. The minimum atomic E-state index is 0.0241. The second kappa shape index (κ2) is 7.72. The first-order valence-corrected chi connectivity index (χ1v) is 9.28. The molecule has 0 spiro atoms. The van der Waals surface area contributed by atoms with Gasteiger partial charge in [-0.05, 0) is 44.2 Å². The van der Waals surface area contributed by atoms with Gasteiger partial charge >= 0.3 is 0 Å². The molecule has 3 aromatic rings. The van der Waals surface area contributed by atoms with Crippen LogP contribution in [0.5, 0.6) is 0 Å². The van der Waals surface area contributed by atoms with Gasteiger partial charge < -0.3 is 10.2 Å². The van der Waals surface area contributed by atoms with Crippen molar-refractivity contribution < 1.29 is 4.79 Å². The van der Waals surface area contributed by atoms with Gasteiger partial charge in [0.1, 0.15) is 5.69 Å². The Hall–Kier alpha value is -2.99. The minimum absolute atomic E-state index is 0.0241. The fraction of sp³-hybridized carbons (Fsp3) is 0.286. The highest BCUT2D eigenvalue weighted by atomic mass is 16.2. The van der Waals surface area contributed by atoms with Crippen LogP contribution in [0.3, 0.4) is 0 Å². The predicted octanol–water partition coefficient (Wildman–Crippen LogP) is 2.76. The molecule has 6 nitrogen and oxygen atoms in total. The van der Waals surface area contributed by atoms with Crippen LogP contribution in [0.25, 0.3) is 16.9 Å². The molecule has 1 aliphatic heterocycles. The molecule has 4 rings (SSSR count). The van der Waals surface area contributed by atoms with Gasteiger partial charge in [0.25, 0.3) is 5.91 Å². The van der Waals surface area contributed by atoms with Crippen LogP contribution in [-0.2, 0) is 0 Å². The monoisotopic (exact) mass is 361 g/mol. The van der Waals surface area contributed by atoms with E-state index in [1.54, 1.807) is 17.1 Å². The Labute approximate surface area is 158 Å². The third kappa shape index (κ3) is 3.61. The van der Waals surface area contributed by atoms with Gasteiger partial charge in [0, 0.05) is 43.3 Å². The maximum atomic E-state index is 13.3. The number of likely N-dealkylation sites (N-methyl/N-ethyl adjacent to an activating group) is 1. The molecule has 0 aliphatic carbocycles. The number of carbonyl (C=O) groups excluding carboxylic acids is 1. The van der Waals surface area contributed by atoms with Crippen molar-refractivity contribution in [1.29, 1.82) is 0 Å². The van der Waals surface area contributed by atoms with Crippen molar-refractivity contribution in [3.05, 3.63) is 66.6 Å². The molecule has 1 N–H and O–H groups in total. The van der Waals surface area contributed by atoms with Crippen LogP contribution in [0.4, 0.5) is 0 Å². The zero-order chi connectivity index (χ0) is 18.6. The Morgan fingerprint density at radius 2 is 2.04 bits per heavy atom. The van der Waals surface area contributed by atoms with Gasteiger partial charge in [0.2, 0.25) is 0 Å². The van der Waals surface area contributed by atoms with E-state index >= 15 is 0 Å². The summed E-state index contributed by atoms with van der Waals surface area (Å²) < 4.78 is 1.77. The van der Waals surface area contributed by atoms with Gasteiger partial charge in [0.15, 0.2) is 0 Å². The molecule has 1 unspecified atom stereocenters. The van der Waals surface area contributed by atoms with Crippen LogP contribution in [0.15, 0.2) is 61.1 Å². The van der Waals surface area contributed by atoms with Gasteiger partial charge in [-0.3, -0.25) is 9.78 Å².